The van der Waals surface area contributed by atoms with Gasteiger partial charge in [0.05, 0.1) is 6.54 Å². The smallest absolute Gasteiger partial charge is 0.317 e. The highest BCUT2D eigenvalue weighted by atomic mass is 16.4. The maximum atomic E-state index is 9.77. The monoisotopic (exact) mass is 235 g/mol. The van der Waals surface area contributed by atoms with Gasteiger partial charge in [0.1, 0.15) is 0 Å². The van der Waals surface area contributed by atoms with Gasteiger partial charge in [-0.2, -0.15) is 0 Å². The van der Waals surface area contributed by atoms with E-state index in [0.29, 0.717) is 13.1 Å². The standard InChI is InChI=1S/C8H7N.C4H10N2O2/c1-2-4-8-7(3-1)5-6-9-8;5-1-2-6-3-4(7)8/h1-6,9H;6H,1-3,5H2,(H,7,8). The Balaban J connectivity index is 0.000000172. The van der Waals surface area contributed by atoms with Crippen LogP contribution in [0.4, 0.5) is 0 Å². The number of rotatable bonds is 4. The zero-order chi connectivity index (χ0) is 12.5. The van der Waals surface area contributed by atoms with Crippen LogP contribution in [0.15, 0.2) is 36.5 Å². The minimum Gasteiger partial charge on any atom is -0.480 e. The molecule has 0 spiro atoms. The molecule has 2 aromatic rings. The van der Waals surface area contributed by atoms with E-state index in [4.69, 9.17) is 10.8 Å². The van der Waals surface area contributed by atoms with Gasteiger partial charge in [-0.3, -0.25) is 4.79 Å². The maximum absolute atomic E-state index is 9.77. The second-order valence-corrected chi connectivity index (χ2v) is 3.42. The van der Waals surface area contributed by atoms with Gasteiger partial charge >= 0.3 is 5.97 Å². The Morgan fingerprint density at radius 1 is 1.35 bits per heavy atom. The highest BCUT2D eigenvalue weighted by Gasteiger charge is 1.90. The van der Waals surface area contributed by atoms with E-state index in [9.17, 15) is 4.79 Å². The molecule has 0 fully saturated rings. The SMILES string of the molecule is NCCNCC(=O)O.c1ccc2[nH]ccc2c1. The first-order valence-electron chi connectivity index (χ1n) is 5.38. The highest BCUT2D eigenvalue weighted by Crippen LogP contribution is 2.09. The lowest BCUT2D eigenvalue weighted by Crippen LogP contribution is -2.27. The van der Waals surface area contributed by atoms with Gasteiger partial charge in [0.25, 0.3) is 0 Å². The molecule has 1 heterocycles. The number of hydrogen-bond donors (Lipinski definition) is 4. The lowest BCUT2D eigenvalue weighted by molar-refractivity contribution is -0.135. The summed E-state index contributed by atoms with van der Waals surface area (Å²) in [6.45, 7) is 1.04. The zero-order valence-corrected chi connectivity index (χ0v) is 9.52. The fraction of sp³-hybridized carbons (Fsp3) is 0.250. The predicted molar refractivity (Wildman–Crippen MR) is 67.9 cm³/mol. The van der Waals surface area contributed by atoms with Crippen molar-refractivity contribution in [1.82, 2.24) is 10.3 Å². The summed E-state index contributed by atoms with van der Waals surface area (Å²) in [5, 5.41) is 11.9. The van der Waals surface area contributed by atoms with Crippen LogP contribution in [0, 0.1) is 0 Å². The summed E-state index contributed by atoms with van der Waals surface area (Å²) in [7, 11) is 0. The topological polar surface area (TPSA) is 91.1 Å². The van der Waals surface area contributed by atoms with Crippen LogP contribution in [0.25, 0.3) is 10.9 Å². The molecule has 5 heteroatoms. The Kier molecular flexibility index (Phi) is 5.77. The summed E-state index contributed by atoms with van der Waals surface area (Å²) < 4.78 is 0. The number of aliphatic carboxylic acids is 1. The molecular weight excluding hydrogens is 218 g/mol. The van der Waals surface area contributed by atoms with E-state index in [-0.39, 0.29) is 6.54 Å². The summed E-state index contributed by atoms with van der Waals surface area (Å²) in [5.41, 5.74) is 6.27. The molecule has 0 saturated heterocycles. The van der Waals surface area contributed by atoms with E-state index in [1.165, 1.54) is 10.9 Å². The minimum atomic E-state index is -0.849. The molecule has 0 unspecified atom stereocenters. The molecule has 0 aliphatic heterocycles. The Morgan fingerprint density at radius 3 is 2.76 bits per heavy atom. The molecule has 0 bridgehead atoms. The van der Waals surface area contributed by atoms with Crippen molar-refractivity contribution < 1.29 is 9.90 Å². The van der Waals surface area contributed by atoms with Gasteiger partial charge in [0, 0.05) is 24.8 Å². The summed E-state index contributed by atoms with van der Waals surface area (Å²) >= 11 is 0. The normalized spacial score (nSPS) is 9.71. The Hall–Kier alpha value is -1.85. The fourth-order valence-electron chi connectivity index (χ4n) is 1.29. The van der Waals surface area contributed by atoms with Gasteiger partial charge < -0.3 is 21.1 Å². The maximum Gasteiger partial charge on any atom is 0.317 e. The van der Waals surface area contributed by atoms with E-state index in [0.717, 1.165) is 0 Å². The number of para-hydroxylation sites is 1. The number of carboxylic acid groups (broad SMARTS) is 1. The molecule has 5 nitrogen and oxygen atoms in total. The molecule has 92 valence electrons. The second kappa shape index (κ2) is 7.43. The second-order valence-electron chi connectivity index (χ2n) is 3.42. The van der Waals surface area contributed by atoms with E-state index >= 15 is 0 Å². The summed E-state index contributed by atoms with van der Waals surface area (Å²) in [6.07, 6.45) is 1.95. The number of aromatic amines is 1. The highest BCUT2D eigenvalue weighted by molar-refractivity contribution is 5.78. The van der Waals surface area contributed by atoms with Crippen molar-refractivity contribution >= 4 is 16.9 Å². The van der Waals surface area contributed by atoms with Gasteiger partial charge in [-0.05, 0) is 17.5 Å². The molecule has 17 heavy (non-hydrogen) atoms. The summed E-state index contributed by atoms with van der Waals surface area (Å²) in [5.74, 6) is -0.849. The van der Waals surface area contributed by atoms with Crippen molar-refractivity contribution in [2.24, 2.45) is 5.73 Å². The zero-order valence-electron chi connectivity index (χ0n) is 9.52. The van der Waals surface area contributed by atoms with Crippen molar-refractivity contribution in [3.8, 4) is 0 Å². The van der Waals surface area contributed by atoms with Gasteiger partial charge in [-0.25, -0.2) is 0 Å². The molecule has 0 aliphatic carbocycles. The average Bonchev–Trinajstić information content (AvgIpc) is 2.78. The average molecular weight is 235 g/mol. The molecular formula is C12H17N3O2. The fourth-order valence-corrected chi connectivity index (χ4v) is 1.29. The Labute approximate surface area is 99.6 Å². The minimum absolute atomic E-state index is 0.00278. The van der Waals surface area contributed by atoms with Crippen LogP contribution in [-0.2, 0) is 4.79 Å². The van der Waals surface area contributed by atoms with Crippen LogP contribution >= 0.6 is 0 Å². The number of carboxylic acids is 1. The third-order valence-corrected chi connectivity index (χ3v) is 2.06. The predicted octanol–water partition coefficient (Wildman–Crippen LogP) is 0.787. The van der Waals surface area contributed by atoms with Crippen molar-refractivity contribution in [3.05, 3.63) is 36.5 Å². The Morgan fingerprint density at radius 2 is 2.12 bits per heavy atom. The number of hydrogen-bond acceptors (Lipinski definition) is 3. The van der Waals surface area contributed by atoms with Crippen molar-refractivity contribution in [3.63, 3.8) is 0 Å². The number of fused-ring (bicyclic) bond motifs is 1. The third-order valence-electron chi connectivity index (χ3n) is 2.06. The van der Waals surface area contributed by atoms with E-state index in [2.05, 4.69) is 28.5 Å². The molecule has 1 aromatic heterocycles. The number of aromatic nitrogens is 1. The van der Waals surface area contributed by atoms with Crippen LogP contribution in [0.2, 0.25) is 0 Å². The van der Waals surface area contributed by atoms with Crippen molar-refractivity contribution in [1.29, 1.82) is 0 Å². The van der Waals surface area contributed by atoms with Gasteiger partial charge in [0.15, 0.2) is 0 Å². The first-order chi connectivity index (χ1) is 8.24. The van der Waals surface area contributed by atoms with Crippen LogP contribution in [-0.4, -0.2) is 35.7 Å². The Bertz CT molecular complexity index is 423. The first kappa shape index (κ1) is 13.2. The number of carbonyl (C=O) groups is 1. The largest absolute Gasteiger partial charge is 0.480 e. The molecule has 0 atom stereocenters. The summed E-state index contributed by atoms with van der Waals surface area (Å²) in [6, 6.07) is 10.3. The van der Waals surface area contributed by atoms with Gasteiger partial charge in [0.2, 0.25) is 0 Å². The first-order valence-corrected chi connectivity index (χ1v) is 5.38. The van der Waals surface area contributed by atoms with Crippen LogP contribution < -0.4 is 11.1 Å². The molecule has 0 amide bonds. The quantitative estimate of drug-likeness (QED) is 0.590. The van der Waals surface area contributed by atoms with Crippen molar-refractivity contribution in [2.75, 3.05) is 19.6 Å². The van der Waals surface area contributed by atoms with Crippen molar-refractivity contribution in [2.45, 2.75) is 0 Å². The molecule has 0 radical (unpaired) electrons. The lowest BCUT2D eigenvalue weighted by atomic mass is 10.3. The van der Waals surface area contributed by atoms with Crippen LogP contribution in [0.3, 0.4) is 0 Å². The third kappa shape index (κ3) is 5.14. The number of nitrogens with one attached hydrogen (secondary N) is 2. The molecule has 0 aliphatic rings. The molecule has 5 N–H and O–H groups in total. The lowest BCUT2D eigenvalue weighted by Gasteiger charge is -1.94. The molecule has 2 rings (SSSR count). The van der Waals surface area contributed by atoms with Gasteiger partial charge in [-0.15, -0.1) is 0 Å². The summed E-state index contributed by atoms with van der Waals surface area (Å²) in [4.78, 5) is 12.9. The molecule has 0 saturated carbocycles. The van der Waals surface area contributed by atoms with Crippen LogP contribution in [0.5, 0.6) is 0 Å². The van der Waals surface area contributed by atoms with E-state index in [1.807, 2.05) is 18.3 Å². The van der Waals surface area contributed by atoms with Gasteiger partial charge in [-0.1, -0.05) is 18.2 Å². The number of nitrogens with two attached hydrogens (primary N) is 1. The number of benzene rings is 1. The van der Waals surface area contributed by atoms with Crippen LogP contribution in [0.1, 0.15) is 0 Å². The van der Waals surface area contributed by atoms with E-state index in [1.54, 1.807) is 0 Å². The number of H-pyrrole nitrogens is 1. The molecule has 1 aromatic carbocycles. The van der Waals surface area contributed by atoms with E-state index < -0.39 is 5.97 Å².